The number of hydrogen-bond donors (Lipinski definition) is 2. The highest BCUT2D eigenvalue weighted by molar-refractivity contribution is 6.02. The monoisotopic (exact) mass is 444 g/mol. The van der Waals surface area contributed by atoms with Crippen LogP contribution in [-0.2, 0) is 9.59 Å². The molecule has 2 aromatic carbocycles. The van der Waals surface area contributed by atoms with Crippen molar-refractivity contribution in [2.75, 3.05) is 17.3 Å². The van der Waals surface area contributed by atoms with E-state index in [1.807, 2.05) is 63.2 Å². The predicted octanol–water partition coefficient (Wildman–Crippen LogP) is 4.04. The summed E-state index contributed by atoms with van der Waals surface area (Å²) in [5.41, 5.74) is 6.70. The number of aromatic nitrogens is 1. The van der Waals surface area contributed by atoms with Gasteiger partial charge in [0.2, 0.25) is 11.8 Å². The molecule has 33 heavy (non-hydrogen) atoms. The van der Waals surface area contributed by atoms with Crippen molar-refractivity contribution < 1.29 is 14.4 Å². The molecule has 2 N–H and O–H groups in total. The normalized spacial score (nSPS) is 16.5. The van der Waals surface area contributed by atoms with Gasteiger partial charge < -0.3 is 10.2 Å². The van der Waals surface area contributed by atoms with Gasteiger partial charge in [0, 0.05) is 35.6 Å². The van der Waals surface area contributed by atoms with Crippen molar-refractivity contribution >= 4 is 23.4 Å². The van der Waals surface area contributed by atoms with Crippen molar-refractivity contribution in [1.29, 1.82) is 0 Å². The molecule has 7 heteroatoms. The van der Waals surface area contributed by atoms with E-state index in [0.29, 0.717) is 17.8 Å². The smallest absolute Gasteiger partial charge is 0.270 e. The van der Waals surface area contributed by atoms with Gasteiger partial charge in [-0.05, 0) is 56.7 Å². The lowest BCUT2D eigenvalue weighted by Crippen LogP contribution is -2.30. The number of carbonyl (C=O) groups excluding carboxylic acids is 3. The van der Waals surface area contributed by atoms with Crippen molar-refractivity contribution in [2.24, 2.45) is 5.92 Å². The van der Waals surface area contributed by atoms with Crippen LogP contribution in [0.5, 0.6) is 0 Å². The van der Waals surface area contributed by atoms with E-state index in [4.69, 9.17) is 0 Å². The molecule has 7 nitrogen and oxygen atoms in total. The molecule has 170 valence electrons. The summed E-state index contributed by atoms with van der Waals surface area (Å²) in [6, 6.07) is 20.4. The number of rotatable bonds is 6. The van der Waals surface area contributed by atoms with Crippen LogP contribution in [0.25, 0.3) is 0 Å². The summed E-state index contributed by atoms with van der Waals surface area (Å²) in [6.45, 7) is 6.17. The van der Waals surface area contributed by atoms with E-state index in [-0.39, 0.29) is 30.2 Å². The van der Waals surface area contributed by atoms with Crippen molar-refractivity contribution in [3.8, 4) is 0 Å². The molecule has 1 saturated heterocycles. The Morgan fingerprint density at radius 1 is 0.970 bits per heavy atom. The summed E-state index contributed by atoms with van der Waals surface area (Å²) in [7, 11) is 0. The molecule has 4 rings (SSSR count). The van der Waals surface area contributed by atoms with Crippen LogP contribution in [0.2, 0.25) is 0 Å². The molecular weight excluding hydrogens is 416 g/mol. The van der Waals surface area contributed by atoms with Crippen molar-refractivity contribution in [3.05, 3.63) is 89.2 Å². The fourth-order valence-electron chi connectivity index (χ4n) is 4.19. The minimum atomic E-state index is -0.439. The Hall–Kier alpha value is -3.87. The maximum absolute atomic E-state index is 12.9. The van der Waals surface area contributed by atoms with E-state index in [2.05, 4.69) is 10.7 Å². The number of aryl methyl sites for hydroxylation is 2. The Labute approximate surface area is 193 Å². The minimum Gasteiger partial charge on any atom is -0.335 e. The fourth-order valence-corrected chi connectivity index (χ4v) is 4.19. The largest absolute Gasteiger partial charge is 0.335 e. The number of anilines is 1. The van der Waals surface area contributed by atoms with Crippen LogP contribution in [0.4, 0.5) is 5.69 Å². The molecule has 3 amide bonds. The van der Waals surface area contributed by atoms with Gasteiger partial charge in [0.05, 0.1) is 12.0 Å². The third-order valence-corrected chi connectivity index (χ3v) is 6.16. The third kappa shape index (κ3) is 4.82. The van der Waals surface area contributed by atoms with E-state index >= 15 is 0 Å². The first-order valence-electron chi connectivity index (χ1n) is 11.0. The minimum absolute atomic E-state index is 0.0305. The zero-order chi connectivity index (χ0) is 23.5. The molecule has 2 heterocycles. The first-order chi connectivity index (χ1) is 15.8. The van der Waals surface area contributed by atoms with Gasteiger partial charge in [-0.2, -0.15) is 0 Å². The van der Waals surface area contributed by atoms with E-state index < -0.39 is 5.92 Å². The van der Waals surface area contributed by atoms with Crippen LogP contribution in [0.1, 0.15) is 46.7 Å². The van der Waals surface area contributed by atoms with E-state index in [1.165, 1.54) is 0 Å². The average Bonchev–Trinajstić information content (AvgIpc) is 3.36. The Morgan fingerprint density at radius 2 is 1.67 bits per heavy atom. The summed E-state index contributed by atoms with van der Waals surface area (Å²) in [5, 5.41) is 2.88. The van der Waals surface area contributed by atoms with E-state index in [0.717, 1.165) is 17.0 Å². The molecule has 1 fully saturated rings. The van der Waals surface area contributed by atoms with Crippen LogP contribution in [-0.4, -0.2) is 33.8 Å². The molecular formula is C26H28N4O3. The topological polar surface area (TPSA) is 83.4 Å². The van der Waals surface area contributed by atoms with Gasteiger partial charge in [0.15, 0.2) is 0 Å². The van der Waals surface area contributed by atoms with Crippen LogP contribution in [0.3, 0.4) is 0 Å². The molecule has 0 saturated carbocycles. The van der Waals surface area contributed by atoms with Gasteiger partial charge in [0.25, 0.3) is 5.91 Å². The first kappa shape index (κ1) is 22.3. The van der Waals surface area contributed by atoms with Crippen LogP contribution >= 0.6 is 0 Å². The number of likely N-dealkylation sites (tertiary alicyclic amines) is 1. The summed E-state index contributed by atoms with van der Waals surface area (Å²) < 4.78 is 1.72. The quantitative estimate of drug-likeness (QED) is 0.602. The molecule has 1 aromatic heterocycles. The number of benzene rings is 2. The molecule has 2 atom stereocenters. The Morgan fingerprint density at radius 3 is 2.36 bits per heavy atom. The Bertz CT molecular complexity index is 1170. The lowest BCUT2D eigenvalue weighted by molar-refractivity contribution is -0.129. The second-order valence-corrected chi connectivity index (χ2v) is 8.50. The number of nitrogens with zero attached hydrogens (tertiary/aromatic N) is 2. The molecule has 1 aliphatic rings. The number of nitrogens with one attached hydrogen (secondary N) is 2. The first-order valence-corrected chi connectivity index (χ1v) is 11.0. The summed E-state index contributed by atoms with van der Waals surface area (Å²) in [5.74, 6) is -0.961. The Balaban J connectivity index is 1.41. The molecule has 1 aliphatic heterocycles. The molecule has 3 aromatic rings. The molecule has 0 radical (unpaired) electrons. The van der Waals surface area contributed by atoms with Crippen molar-refractivity contribution in [1.82, 2.24) is 9.58 Å². The zero-order valence-electron chi connectivity index (χ0n) is 19.0. The van der Waals surface area contributed by atoms with Gasteiger partial charge in [-0.25, -0.2) is 0 Å². The number of hydrogen-bond acceptors (Lipinski definition) is 3. The highest BCUT2D eigenvalue weighted by Gasteiger charge is 2.37. The molecule has 0 bridgehead atoms. The highest BCUT2D eigenvalue weighted by Crippen LogP contribution is 2.29. The Kier molecular flexibility index (Phi) is 6.31. The zero-order valence-corrected chi connectivity index (χ0v) is 19.0. The number of amides is 3. The van der Waals surface area contributed by atoms with Gasteiger partial charge in [-0.3, -0.25) is 24.5 Å². The fraction of sp³-hybridized carbons (Fsp3) is 0.269. The maximum atomic E-state index is 12.9. The van der Waals surface area contributed by atoms with E-state index in [1.54, 1.807) is 33.8 Å². The van der Waals surface area contributed by atoms with Crippen LogP contribution in [0.15, 0.2) is 66.7 Å². The molecule has 0 unspecified atom stereocenters. The summed E-state index contributed by atoms with van der Waals surface area (Å²) in [6.07, 6.45) is 0.176. The average molecular weight is 445 g/mol. The van der Waals surface area contributed by atoms with E-state index in [9.17, 15) is 14.4 Å². The van der Waals surface area contributed by atoms with Crippen LogP contribution < -0.4 is 10.7 Å². The second-order valence-electron chi connectivity index (χ2n) is 8.50. The van der Waals surface area contributed by atoms with Gasteiger partial charge in [-0.1, -0.05) is 36.4 Å². The SMILES string of the molecule is Cc1ccc(C)n1NC(=O)c1cccc(NC(=O)[C@@H]2CC(=O)N([C@@H](C)c3ccccc3)C2)c1. The van der Waals surface area contributed by atoms with Crippen molar-refractivity contribution in [2.45, 2.75) is 33.2 Å². The standard InChI is InChI=1S/C26H28N4O3/c1-17-12-13-18(2)30(17)28-26(33)21-10-7-11-23(14-21)27-25(32)22-15-24(31)29(16-22)19(3)20-8-5-4-6-9-20/h4-14,19,22H,15-16H2,1-3H3,(H,27,32)(H,28,33)/t19-,22+/m0/s1. The summed E-state index contributed by atoms with van der Waals surface area (Å²) in [4.78, 5) is 40.0. The molecule has 0 aliphatic carbocycles. The lowest BCUT2D eigenvalue weighted by Gasteiger charge is -2.25. The second kappa shape index (κ2) is 9.32. The third-order valence-electron chi connectivity index (χ3n) is 6.16. The predicted molar refractivity (Wildman–Crippen MR) is 127 cm³/mol. The number of carbonyl (C=O) groups is 3. The van der Waals surface area contributed by atoms with Crippen molar-refractivity contribution in [3.63, 3.8) is 0 Å². The molecule has 0 spiro atoms. The summed E-state index contributed by atoms with van der Waals surface area (Å²) >= 11 is 0. The maximum Gasteiger partial charge on any atom is 0.270 e. The lowest BCUT2D eigenvalue weighted by atomic mass is 10.1. The van der Waals surface area contributed by atoms with Gasteiger partial charge in [0.1, 0.15) is 0 Å². The van der Waals surface area contributed by atoms with Gasteiger partial charge in [-0.15, -0.1) is 0 Å². The van der Waals surface area contributed by atoms with Crippen LogP contribution in [0, 0.1) is 19.8 Å². The highest BCUT2D eigenvalue weighted by atomic mass is 16.2. The van der Waals surface area contributed by atoms with Gasteiger partial charge >= 0.3 is 0 Å².